The molecule has 0 spiro atoms. The maximum atomic E-state index is 13.4. The molecule has 0 bridgehead atoms. The SMILES string of the molecule is CCN(Cc1cccc(F)c1)C(=O)CSc1nnc(-n2nc(C)cc2C)n1N. The molecule has 0 aliphatic carbocycles. The molecule has 2 N–H and O–H groups in total. The first kappa shape index (κ1) is 19.9. The number of aryl methyl sites for hydroxylation is 2. The Kier molecular flexibility index (Phi) is 5.98. The topological polar surface area (TPSA) is 94.9 Å². The van der Waals surface area contributed by atoms with Gasteiger partial charge in [0.1, 0.15) is 5.82 Å². The highest BCUT2D eigenvalue weighted by Crippen LogP contribution is 2.18. The Bertz CT molecular complexity index is 984. The average Bonchev–Trinajstić information content (AvgIpc) is 3.18. The maximum Gasteiger partial charge on any atom is 0.271 e. The first-order valence-corrected chi connectivity index (χ1v) is 9.76. The zero-order valence-corrected chi connectivity index (χ0v) is 16.8. The van der Waals surface area contributed by atoms with Crippen LogP contribution in [0.5, 0.6) is 0 Å². The maximum absolute atomic E-state index is 13.4. The fraction of sp³-hybridized carbons (Fsp3) is 0.333. The van der Waals surface area contributed by atoms with Gasteiger partial charge < -0.3 is 10.7 Å². The van der Waals surface area contributed by atoms with E-state index >= 15 is 0 Å². The Hall–Kier alpha value is -2.88. The van der Waals surface area contributed by atoms with Crippen LogP contribution in [0.4, 0.5) is 4.39 Å². The van der Waals surface area contributed by atoms with Gasteiger partial charge in [0.15, 0.2) is 0 Å². The number of aromatic nitrogens is 5. The Morgan fingerprint density at radius 3 is 2.71 bits per heavy atom. The summed E-state index contributed by atoms with van der Waals surface area (Å²) in [4.78, 5) is 14.2. The van der Waals surface area contributed by atoms with E-state index in [9.17, 15) is 9.18 Å². The van der Waals surface area contributed by atoms with Gasteiger partial charge in [-0.05, 0) is 44.5 Å². The zero-order valence-electron chi connectivity index (χ0n) is 16.0. The molecule has 0 radical (unpaired) electrons. The minimum absolute atomic E-state index is 0.0903. The lowest BCUT2D eigenvalue weighted by atomic mass is 10.2. The average molecular weight is 403 g/mol. The number of carbonyl (C=O) groups excluding carboxylic acids is 1. The molecule has 0 aliphatic rings. The van der Waals surface area contributed by atoms with Gasteiger partial charge in [0.25, 0.3) is 5.95 Å². The second-order valence-electron chi connectivity index (χ2n) is 6.32. The molecule has 10 heteroatoms. The van der Waals surface area contributed by atoms with E-state index in [-0.39, 0.29) is 17.5 Å². The Morgan fingerprint density at radius 2 is 2.07 bits per heavy atom. The molecule has 0 saturated carbocycles. The number of rotatable bonds is 7. The molecular formula is C18H22FN7OS. The van der Waals surface area contributed by atoms with Gasteiger partial charge in [-0.25, -0.2) is 13.7 Å². The van der Waals surface area contributed by atoms with Gasteiger partial charge in [-0.3, -0.25) is 4.79 Å². The second kappa shape index (κ2) is 8.42. The molecule has 1 amide bonds. The lowest BCUT2D eigenvalue weighted by Crippen LogP contribution is -2.32. The first-order valence-electron chi connectivity index (χ1n) is 8.78. The lowest BCUT2D eigenvalue weighted by Gasteiger charge is -2.20. The van der Waals surface area contributed by atoms with Crippen molar-refractivity contribution in [2.45, 2.75) is 32.5 Å². The summed E-state index contributed by atoms with van der Waals surface area (Å²) in [7, 11) is 0. The van der Waals surface area contributed by atoms with Crippen molar-refractivity contribution in [1.82, 2.24) is 29.6 Å². The summed E-state index contributed by atoms with van der Waals surface area (Å²) >= 11 is 1.20. The largest absolute Gasteiger partial charge is 0.338 e. The fourth-order valence-electron chi connectivity index (χ4n) is 2.79. The fourth-order valence-corrected chi connectivity index (χ4v) is 3.55. The summed E-state index contributed by atoms with van der Waals surface area (Å²) in [5.41, 5.74) is 2.48. The number of halogens is 1. The Labute approximate surface area is 166 Å². The molecule has 8 nitrogen and oxygen atoms in total. The van der Waals surface area contributed by atoms with Crippen LogP contribution in [0.25, 0.3) is 5.95 Å². The van der Waals surface area contributed by atoms with Crippen molar-refractivity contribution in [3.05, 3.63) is 53.1 Å². The van der Waals surface area contributed by atoms with E-state index < -0.39 is 0 Å². The molecule has 0 unspecified atom stereocenters. The summed E-state index contributed by atoms with van der Waals surface area (Å²) in [6.07, 6.45) is 0. The Morgan fingerprint density at radius 1 is 1.29 bits per heavy atom. The predicted octanol–water partition coefficient (Wildman–Crippen LogP) is 2.07. The molecule has 148 valence electrons. The van der Waals surface area contributed by atoms with Crippen LogP contribution in [0.15, 0.2) is 35.5 Å². The van der Waals surface area contributed by atoms with Crippen LogP contribution < -0.4 is 5.84 Å². The summed E-state index contributed by atoms with van der Waals surface area (Å²) in [5.74, 6) is 6.22. The normalized spacial score (nSPS) is 11.0. The molecule has 28 heavy (non-hydrogen) atoms. The zero-order chi connectivity index (χ0) is 20.3. The van der Waals surface area contributed by atoms with E-state index in [1.165, 1.54) is 28.6 Å². The number of nitrogen functional groups attached to an aromatic ring is 1. The number of hydrogen-bond acceptors (Lipinski definition) is 6. The number of hydrogen-bond donors (Lipinski definition) is 1. The van der Waals surface area contributed by atoms with Gasteiger partial charge in [0, 0.05) is 18.8 Å². The van der Waals surface area contributed by atoms with Crippen LogP contribution in [0.2, 0.25) is 0 Å². The van der Waals surface area contributed by atoms with Crippen LogP contribution in [0.1, 0.15) is 23.9 Å². The number of nitrogens with zero attached hydrogens (tertiary/aromatic N) is 6. The molecule has 0 saturated heterocycles. The minimum atomic E-state index is -0.316. The molecule has 2 aromatic heterocycles. The number of carbonyl (C=O) groups is 1. The van der Waals surface area contributed by atoms with Crippen molar-refractivity contribution < 1.29 is 9.18 Å². The van der Waals surface area contributed by atoms with Gasteiger partial charge in [0.05, 0.1) is 11.4 Å². The molecule has 0 atom stereocenters. The van der Waals surface area contributed by atoms with Gasteiger partial charge >= 0.3 is 0 Å². The smallest absolute Gasteiger partial charge is 0.271 e. The number of thioether (sulfide) groups is 1. The Balaban J connectivity index is 1.66. The van der Waals surface area contributed by atoms with Gasteiger partial charge in [-0.1, -0.05) is 23.9 Å². The summed E-state index contributed by atoms with van der Waals surface area (Å²) in [6.45, 7) is 6.53. The predicted molar refractivity (Wildman–Crippen MR) is 105 cm³/mol. The highest BCUT2D eigenvalue weighted by molar-refractivity contribution is 7.99. The van der Waals surface area contributed by atoms with Crippen molar-refractivity contribution in [3.8, 4) is 5.95 Å². The summed E-state index contributed by atoms with van der Waals surface area (Å²) in [6, 6.07) is 8.15. The van der Waals surface area contributed by atoms with Gasteiger partial charge in [-0.2, -0.15) is 5.10 Å². The van der Waals surface area contributed by atoms with Crippen LogP contribution in [-0.2, 0) is 11.3 Å². The van der Waals surface area contributed by atoms with E-state index in [4.69, 9.17) is 5.84 Å². The van der Waals surface area contributed by atoms with E-state index in [0.717, 1.165) is 17.0 Å². The quantitative estimate of drug-likeness (QED) is 0.479. The first-order chi connectivity index (χ1) is 13.4. The summed E-state index contributed by atoms with van der Waals surface area (Å²) < 4.78 is 16.3. The highest BCUT2D eigenvalue weighted by atomic mass is 32.2. The molecule has 2 heterocycles. The van der Waals surface area contributed by atoms with E-state index in [1.54, 1.807) is 21.7 Å². The molecular weight excluding hydrogens is 381 g/mol. The van der Waals surface area contributed by atoms with Crippen LogP contribution in [0.3, 0.4) is 0 Å². The van der Waals surface area contributed by atoms with Crippen molar-refractivity contribution in [2.24, 2.45) is 0 Å². The van der Waals surface area contributed by atoms with Crippen molar-refractivity contribution >= 4 is 17.7 Å². The lowest BCUT2D eigenvalue weighted by molar-refractivity contribution is -0.128. The monoisotopic (exact) mass is 403 g/mol. The van der Waals surface area contributed by atoms with E-state index in [2.05, 4.69) is 15.3 Å². The third kappa shape index (κ3) is 4.33. The van der Waals surface area contributed by atoms with Crippen LogP contribution in [0, 0.1) is 19.7 Å². The third-order valence-electron chi connectivity index (χ3n) is 4.17. The number of amides is 1. The minimum Gasteiger partial charge on any atom is -0.338 e. The molecule has 1 aromatic carbocycles. The number of nitrogens with two attached hydrogens (primary N) is 1. The standard InChI is InChI=1S/C18H22FN7OS/c1-4-24(10-14-6-5-7-15(19)9-14)16(27)11-28-18-22-21-17(25(18)20)26-13(3)8-12(2)23-26/h5-9H,4,10-11,20H2,1-3H3. The molecule has 3 aromatic rings. The number of benzene rings is 1. The van der Waals surface area contributed by atoms with E-state index in [0.29, 0.717) is 24.2 Å². The van der Waals surface area contributed by atoms with Crippen LogP contribution in [-0.4, -0.2) is 47.8 Å². The highest BCUT2D eigenvalue weighted by Gasteiger charge is 2.18. The molecule has 3 rings (SSSR count). The molecule has 0 aliphatic heterocycles. The molecule has 0 fully saturated rings. The summed E-state index contributed by atoms with van der Waals surface area (Å²) in [5, 5.41) is 12.9. The van der Waals surface area contributed by atoms with Gasteiger partial charge in [-0.15, -0.1) is 10.2 Å². The van der Waals surface area contributed by atoms with Crippen LogP contribution >= 0.6 is 11.8 Å². The third-order valence-corrected chi connectivity index (χ3v) is 5.10. The van der Waals surface area contributed by atoms with Crippen molar-refractivity contribution in [1.29, 1.82) is 0 Å². The van der Waals surface area contributed by atoms with Gasteiger partial charge in [0.2, 0.25) is 11.1 Å². The van der Waals surface area contributed by atoms with Crippen molar-refractivity contribution in [3.63, 3.8) is 0 Å². The second-order valence-corrected chi connectivity index (χ2v) is 7.26. The van der Waals surface area contributed by atoms with E-state index in [1.807, 2.05) is 26.8 Å². The van der Waals surface area contributed by atoms with Crippen molar-refractivity contribution in [2.75, 3.05) is 18.1 Å².